The van der Waals surface area contributed by atoms with Crippen LogP contribution >= 0.6 is 0 Å². The third-order valence-corrected chi connectivity index (χ3v) is 3.92. The molecule has 0 aliphatic carbocycles. The molecule has 0 unspecified atom stereocenters. The summed E-state index contributed by atoms with van der Waals surface area (Å²) in [5.74, 6) is -1.88. The van der Waals surface area contributed by atoms with Gasteiger partial charge in [0.15, 0.2) is 0 Å². The molecular formula is C17H21FNO4-. The van der Waals surface area contributed by atoms with Gasteiger partial charge in [0.1, 0.15) is 11.4 Å². The lowest BCUT2D eigenvalue weighted by Gasteiger charge is -2.40. The summed E-state index contributed by atoms with van der Waals surface area (Å²) < 4.78 is 19.2. The number of halogens is 1. The fraction of sp³-hybridized carbons (Fsp3) is 0.529. The number of ether oxygens (including phenoxy) is 1. The third-order valence-electron chi connectivity index (χ3n) is 3.92. The van der Waals surface area contributed by atoms with Gasteiger partial charge < -0.3 is 14.6 Å². The highest BCUT2D eigenvalue weighted by molar-refractivity contribution is 5.84. The summed E-state index contributed by atoms with van der Waals surface area (Å²) in [7, 11) is 0. The number of nitrogens with zero attached hydrogens (tertiary/aromatic N) is 1. The van der Waals surface area contributed by atoms with Crippen LogP contribution in [-0.4, -0.2) is 34.6 Å². The van der Waals surface area contributed by atoms with Crippen molar-refractivity contribution in [3.8, 4) is 0 Å². The van der Waals surface area contributed by atoms with Crippen LogP contribution in [0.4, 0.5) is 9.18 Å². The number of carbonyl (C=O) groups excluding carboxylic acids is 2. The number of hydrogen-bond acceptors (Lipinski definition) is 4. The van der Waals surface area contributed by atoms with Crippen molar-refractivity contribution in [3.05, 3.63) is 35.6 Å². The number of amides is 1. The van der Waals surface area contributed by atoms with Crippen LogP contribution in [0.25, 0.3) is 0 Å². The third kappa shape index (κ3) is 3.63. The van der Waals surface area contributed by atoms with Crippen LogP contribution < -0.4 is 5.11 Å². The van der Waals surface area contributed by atoms with E-state index in [4.69, 9.17) is 4.74 Å². The molecule has 1 aliphatic rings. The summed E-state index contributed by atoms with van der Waals surface area (Å²) in [5, 5.41) is 11.8. The lowest BCUT2D eigenvalue weighted by Crippen LogP contribution is -2.60. The van der Waals surface area contributed by atoms with E-state index in [0.29, 0.717) is 6.42 Å². The fourth-order valence-electron chi connectivity index (χ4n) is 2.89. The minimum absolute atomic E-state index is 0.138. The monoisotopic (exact) mass is 322 g/mol. The van der Waals surface area contributed by atoms with Crippen molar-refractivity contribution in [1.29, 1.82) is 0 Å². The van der Waals surface area contributed by atoms with E-state index in [9.17, 15) is 19.1 Å². The van der Waals surface area contributed by atoms with Crippen molar-refractivity contribution >= 4 is 12.1 Å². The van der Waals surface area contributed by atoms with E-state index < -0.39 is 29.0 Å². The first-order valence-corrected chi connectivity index (χ1v) is 7.61. The Hall–Kier alpha value is -2.11. The van der Waals surface area contributed by atoms with Gasteiger partial charge in [0, 0.05) is 13.0 Å². The molecule has 126 valence electrons. The van der Waals surface area contributed by atoms with Crippen molar-refractivity contribution in [2.45, 2.75) is 51.2 Å². The van der Waals surface area contributed by atoms with Gasteiger partial charge in [-0.1, -0.05) is 18.2 Å². The van der Waals surface area contributed by atoms with E-state index in [1.807, 2.05) is 0 Å². The molecule has 0 bridgehead atoms. The Morgan fingerprint density at radius 3 is 2.57 bits per heavy atom. The topological polar surface area (TPSA) is 69.7 Å². The van der Waals surface area contributed by atoms with Crippen LogP contribution in [0.1, 0.15) is 39.2 Å². The van der Waals surface area contributed by atoms with Crippen molar-refractivity contribution in [1.82, 2.24) is 4.90 Å². The van der Waals surface area contributed by atoms with E-state index in [0.717, 1.165) is 0 Å². The molecule has 1 aromatic carbocycles. The Morgan fingerprint density at radius 1 is 1.35 bits per heavy atom. The van der Waals surface area contributed by atoms with Crippen molar-refractivity contribution in [2.24, 2.45) is 0 Å². The van der Waals surface area contributed by atoms with Crippen LogP contribution in [0.2, 0.25) is 0 Å². The number of hydrogen-bond donors (Lipinski definition) is 0. The maximum atomic E-state index is 13.9. The highest BCUT2D eigenvalue weighted by Crippen LogP contribution is 2.34. The SMILES string of the molecule is CC(C)(C)OC(=O)N1CCC[C@]1(Cc1ccccc1F)C(=O)[O-]. The number of carbonyl (C=O) groups is 2. The number of rotatable bonds is 3. The highest BCUT2D eigenvalue weighted by Gasteiger charge is 2.47. The molecule has 0 spiro atoms. The Balaban J connectivity index is 2.33. The van der Waals surface area contributed by atoms with E-state index in [1.165, 1.54) is 23.1 Å². The van der Waals surface area contributed by atoms with E-state index in [1.54, 1.807) is 26.8 Å². The van der Waals surface area contributed by atoms with Gasteiger partial charge >= 0.3 is 6.09 Å². The normalized spacial score (nSPS) is 21.3. The van der Waals surface area contributed by atoms with Crippen LogP contribution in [-0.2, 0) is 16.0 Å². The lowest BCUT2D eigenvalue weighted by atomic mass is 9.88. The Kier molecular flexibility index (Phi) is 4.63. The summed E-state index contributed by atoms with van der Waals surface area (Å²) in [6, 6.07) is 5.95. The number of likely N-dealkylation sites (tertiary alicyclic amines) is 1. The van der Waals surface area contributed by atoms with Gasteiger partial charge in [-0.15, -0.1) is 0 Å². The van der Waals surface area contributed by atoms with Gasteiger partial charge in [-0.3, -0.25) is 4.90 Å². The van der Waals surface area contributed by atoms with E-state index in [-0.39, 0.29) is 24.9 Å². The fourth-order valence-corrected chi connectivity index (χ4v) is 2.89. The maximum Gasteiger partial charge on any atom is 0.411 e. The molecule has 1 fully saturated rings. The average Bonchev–Trinajstić information content (AvgIpc) is 2.84. The molecule has 1 aromatic rings. The van der Waals surface area contributed by atoms with Crippen molar-refractivity contribution < 1.29 is 23.8 Å². The summed E-state index contributed by atoms with van der Waals surface area (Å²) in [6.07, 6.45) is -0.137. The van der Waals surface area contributed by atoms with Gasteiger partial charge in [0.2, 0.25) is 0 Å². The summed E-state index contributed by atoms with van der Waals surface area (Å²) in [5.41, 5.74) is -2.08. The number of carboxylic acid groups (broad SMARTS) is 1. The molecule has 0 radical (unpaired) electrons. The molecule has 1 amide bonds. The number of carboxylic acids is 1. The van der Waals surface area contributed by atoms with Gasteiger partial charge in [-0.2, -0.15) is 0 Å². The van der Waals surface area contributed by atoms with Crippen molar-refractivity contribution in [2.75, 3.05) is 6.54 Å². The lowest BCUT2D eigenvalue weighted by molar-refractivity contribution is -0.317. The van der Waals surface area contributed by atoms with Crippen molar-refractivity contribution in [3.63, 3.8) is 0 Å². The molecule has 0 N–H and O–H groups in total. The Morgan fingerprint density at radius 2 is 2.00 bits per heavy atom. The predicted molar refractivity (Wildman–Crippen MR) is 80.0 cm³/mol. The van der Waals surface area contributed by atoms with Crippen LogP contribution in [0.3, 0.4) is 0 Å². The molecule has 2 rings (SSSR count). The van der Waals surface area contributed by atoms with Gasteiger partial charge in [0.25, 0.3) is 0 Å². The predicted octanol–water partition coefficient (Wildman–Crippen LogP) is 1.89. The maximum absolute atomic E-state index is 13.9. The smallest absolute Gasteiger partial charge is 0.411 e. The highest BCUT2D eigenvalue weighted by atomic mass is 19.1. The second-order valence-corrected chi connectivity index (χ2v) is 6.82. The molecule has 0 aromatic heterocycles. The summed E-state index contributed by atoms with van der Waals surface area (Å²) in [4.78, 5) is 25.4. The molecule has 23 heavy (non-hydrogen) atoms. The molecule has 1 heterocycles. The zero-order valence-electron chi connectivity index (χ0n) is 13.6. The molecule has 0 saturated carbocycles. The number of benzene rings is 1. The second-order valence-electron chi connectivity index (χ2n) is 6.82. The van der Waals surface area contributed by atoms with Crippen LogP contribution in [0, 0.1) is 5.82 Å². The molecular weight excluding hydrogens is 301 g/mol. The number of aliphatic carboxylic acids is 1. The second kappa shape index (κ2) is 6.18. The zero-order chi connectivity index (χ0) is 17.3. The molecule has 6 heteroatoms. The average molecular weight is 322 g/mol. The molecule has 5 nitrogen and oxygen atoms in total. The van der Waals surface area contributed by atoms with Gasteiger partial charge in [-0.05, 0) is 45.2 Å². The first-order chi connectivity index (χ1) is 10.7. The first kappa shape index (κ1) is 17.2. The van der Waals surface area contributed by atoms with E-state index >= 15 is 0 Å². The Bertz CT molecular complexity index is 611. The first-order valence-electron chi connectivity index (χ1n) is 7.61. The standard InChI is InChI=1S/C17H22FNO4/c1-16(2,3)23-15(22)19-10-6-9-17(19,14(20)21)11-12-7-4-5-8-13(12)18/h4-5,7-8H,6,9-11H2,1-3H3,(H,20,21)/p-1/t17-/m0/s1. The van der Waals surface area contributed by atoms with Crippen LogP contribution in [0.5, 0.6) is 0 Å². The minimum atomic E-state index is -1.58. The quantitative estimate of drug-likeness (QED) is 0.852. The van der Waals surface area contributed by atoms with Gasteiger partial charge in [0.05, 0.1) is 11.5 Å². The zero-order valence-corrected chi connectivity index (χ0v) is 13.6. The molecule has 1 aliphatic heterocycles. The Labute approximate surface area is 135 Å². The summed E-state index contributed by atoms with van der Waals surface area (Å²) >= 11 is 0. The molecule has 1 saturated heterocycles. The van der Waals surface area contributed by atoms with Crippen LogP contribution in [0.15, 0.2) is 24.3 Å². The summed E-state index contributed by atoms with van der Waals surface area (Å²) in [6.45, 7) is 5.37. The largest absolute Gasteiger partial charge is 0.548 e. The van der Waals surface area contributed by atoms with E-state index in [2.05, 4.69) is 0 Å². The van der Waals surface area contributed by atoms with Gasteiger partial charge in [-0.25, -0.2) is 9.18 Å². The minimum Gasteiger partial charge on any atom is -0.548 e. The molecule has 1 atom stereocenters.